The zero-order chi connectivity index (χ0) is 11.2. The van der Waals surface area contributed by atoms with Crippen LogP contribution in [0.15, 0.2) is 24.3 Å². The molecule has 0 spiro atoms. The molecule has 0 unspecified atom stereocenters. The first-order chi connectivity index (χ1) is 7.90. The molecule has 2 rings (SSSR count). The summed E-state index contributed by atoms with van der Waals surface area (Å²) in [5.41, 5.74) is 2.55. The van der Waals surface area contributed by atoms with Crippen molar-refractivity contribution in [3.05, 3.63) is 29.8 Å². The van der Waals surface area contributed by atoms with E-state index in [0.29, 0.717) is 0 Å². The molecule has 1 aromatic carbocycles. The second-order valence-electron chi connectivity index (χ2n) is 4.52. The lowest BCUT2D eigenvalue weighted by molar-refractivity contribution is 0.372. The third kappa shape index (κ3) is 3.25. The van der Waals surface area contributed by atoms with Crippen molar-refractivity contribution in [3.8, 4) is 0 Å². The fraction of sp³-hybridized carbons (Fsp3) is 0.538. The number of hydrogen-bond acceptors (Lipinski definition) is 2. The molecule has 2 N–H and O–H groups in total. The lowest BCUT2D eigenvalue weighted by atomic mass is 9.95. The minimum atomic E-state index is 0.728. The van der Waals surface area contributed by atoms with Gasteiger partial charge in [-0.3, -0.25) is 0 Å². The highest BCUT2D eigenvalue weighted by Gasteiger charge is 2.12. The van der Waals surface area contributed by atoms with Crippen molar-refractivity contribution in [3.63, 3.8) is 0 Å². The summed E-state index contributed by atoms with van der Waals surface area (Å²) >= 11 is 2.57. The summed E-state index contributed by atoms with van der Waals surface area (Å²) in [6, 6.07) is 9.19. The molecule has 16 heavy (non-hydrogen) atoms. The highest BCUT2D eigenvalue weighted by atomic mass is 27.1. The van der Waals surface area contributed by atoms with Gasteiger partial charge in [-0.1, -0.05) is 37.5 Å². The van der Waals surface area contributed by atoms with E-state index in [9.17, 15) is 0 Å². The number of nitrogens with one attached hydrogen (secondary N) is 2. The molecule has 2 radical (unpaired) electrons. The zero-order valence-corrected chi connectivity index (χ0v) is 10.9. The molecular weight excluding hydrogens is 211 g/mol. The molecule has 1 saturated carbocycles. The third-order valence-electron chi connectivity index (χ3n) is 3.36. The van der Waals surface area contributed by atoms with Crippen molar-refractivity contribution in [2.24, 2.45) is 0 Å². The van der Waals surface area contributed by atoms with Crippen LogP contribution in [-0.4, -0.2) is 22.6 Å². The van der Waals surface area contributed by atoms with E-state index in [4.69, 9.17) is 0 Å². The normalized spacial score (nSPS) is 17.2. The quantitative estimate of drug-likeness (QED) is 0.777. The van der Waals surface area contributed by atoms with Crippen molar-refractivity contribution in [1.29, 1.82) is 0 Å². The second kappa shape index (κ2) is 6.30. The zero-order valence-electron chi connectivity index (χ0n) is 9.71. The standard InChI is InChI=1S/C13H19N2.Al/c14-13-9-5-4-6-11(13)10-15-12-7-2-1-3-8-12;/h4-6,9,12,14-15H,1-3,7-8,10H2;/q-1;+1. The van der Waals surface area contributed by atoms with Gasteiger partial charge in [0.15, 0.2) is 0 Å². The van der Waals surface area contributed by atoms with Crippen molar-refractivity contribution in [1.82, 2.24) is 5.32 Å². The Morgan fingerprint density at radius 3 is 2.62 bits per heavy atom. The minimum Gasteiger partial charge on any atom is -0.491 e. The van der Waals surface area contributed by atoms with E-state index in [2.05, 4.69) is 50.4 Å². The molecule has 84 valence electrons. The van der Waals surface area contributed by atoms with Gasteiger partial charge in [0.1, 0.15) is 0 Å². The lowest BCUT2D eigenvalue weighted by Crippen LogP contribution is -2.30. The molecule has 0 amide bonds. The molecule has 1 aliphatic rings. The molecule has 0 aromatic heterocycles. The fourth-order valence-corrected chi connectivity index (χ4v) is 2.66. The topological polar surface area (TPSA) is 24.1 Å². The van der Waals surface area contributed by atoms with Gasteiger partial charge in [0.05, 0.1) is 0 Å². The van der Waals surface area contributed by atoms with Crippen molar-refractivity contribution in [2.45, 2.75) is 44.7 Å². The van der Waals surface area contributed by atoms with E-state index in [1.54, 1.807) is 0 Å². The number of benzene rings is 1. The highest BCUT2D eigenvalue weighted by molar-refractivity contribution is 6.16. The molecule has 0 saturated heterocycles. The smallest absolute Gasteiger partial charge is 0.305 e. The molecular formula is C13H19AlN2. The van der Waals surface area contributed by atoms with Gasteiger partial charge < -0.3 is 9.62 Å². The second-order valence-corrected chi connectivity index (χ2v) is 4.81. The molecule has 2 nitrogen and oxygen atoms in total. The SMILES string of the molecule is [Al][NH]c1ccccc1CNC1CCCCC1. The monoisotopic (exact) mass is 230 g/mol. The van der Waals surface area contributed by atoms with Crippen LogP contribution < -0.4 is 9.62 Å². The summed E-state index contributed by atoms with van der Waals surface area (Å²) in [5, 5.41) is 3.66. The van der Waals surface area contributed by atoms with Gasteiger partial charge in [-0.05, 0) is 24.5 Å². The van der Waals surface area contributed by atoms with Crippen molar-refractivity contribution >= 4 is 22.2 Å². The first-order valence-corrected chi connectivity index (χ1v) is 6.76. The predicted octanol–water partition coefficient (Wildman–Crippen LogP) is 2.60. The maximum Gasteiger partial charge on any atom is 0.305 e. The van der Waals surface area contributed by atoms with Gasteiger partial charge in [-0.15, -0.1) is 0 Å². The number of rotatable bonds is 4. The molecule has 1 aromatic rings. The molecule has 0 aliphatic heterocycles. The lowest BCUT2D eigenvalue weighted by Gasteiger charge is -2.23. The van der Waals surface area contributed by atoms with Gasteiger partial charge in [0.25, 0.3) is 0 Å². The van der Waals surface area contributed by atoms with Gasteiger partial charge in [0.2, 0.25) is 0 Å². The fourth-order valence-electron chi connectivity index (χ4n) is 2.38. The van der Waals surface area contributed by atoms with Gasteiger partial charge in [0, 0.05) is 18.3 Å². The molecule has 0 atom stereocenters. The van der Waals surface area contributed by atoms with Crippen LogP contribution in [-0.2, 0) is 6.54 Å². The number of para-hydroxylation sites is 1. The average molecular weight is 230 g/mol. The highest BCUT2D eigenvalue weighted by Crippen LogP contribution is 2.19. The van der Waals surface area contributed by atoms with E-state index in [1.807, 2.05) is 0 Å². The Labute approximate surface area is 106 Å². The summed E-state index contributed by atoms with van der Waals surface area (Å²) in [6.45, 7) is 0.974. The van der Waals surface area contributed by atoms with Crippen molar-refractivity contribution in [2.75, 3.05) is 4.30 Å². The van der Waals surface area contributed by atoms with E-state index < -0.39 is 0 Å². The van der Waals surface area contributed by atoms with Crippen LogP contribution in [0, 0.1) is 0 Å². The van der Waals surface area contributed by atoms with Crippen molar-refractivity contribution < 1.29 is 0 Å². The van der Waals surface area contributed by atoms with Gasteiger partial charge >= 0.3 is 16.5 Å². The molecule has 0 heterocycles. The Hall–Kier alpha value is -0.488. The average Bonchev–Trinajstić information content (AvgIpc) is 2.38. The van der Waals surface area contributed by atoms with Crippen LogP contribution in [0.5, 0.6) is 0 Å². The summed E-state index contributed by atoms with van der Waals surface area (Å²) in [5.74, 6) is 0. The molecule has 3 heteroatoms. The van der Waals surface area contributed by atoms with Gasteiger partial charge in [-0.25, -0.2) is 0 Å². The summed E-state index contributed by atoms with van der Waals surface area (Å²) in [7, 11) is 0. The summed E-state index contributed by atoms with van der Waals surface area (Å²) < 4.78 is 3.16. The van der Waals surface area contributed by atoms with E-state index in [1.165, 1.54) is 43.4 Å². The molecule has 1 aliphatic carbocycles. The van der Waals surface area contributed by atoms with Crippen LogP contribution in [0.25, 0.3) is 0 Å². The minimum absolute atomic E-state index is 0.728. The number of hydrogen-bond donors (Lipinski definition) is 2. The summed E-state index contributed by atoms with van der Waals surface area (Å²) in [4.78, 5) is 0. The number of anilines is 1. The Morgan fingerprint density at radius 2 is 1.88 bits per heavy atom. The maximum absolute atomic E-state index is 3.66. The van der Waals surface area contributed by atoms with E-state index in [-0.39, 0.29) is 0 Å². The van der Waals surface area contributed by atoms with Crippen LogP contribution in [0.4, 0.5) is 5.69 Å². The van der Waals surface area contributed by atoms with Crippen LogP contribution in [0.1, 0.15) is 37.7 Å². The summed E-state index contributed by atoms with van der Waals surface area (Å²) in [6.07, 6.45) is 6.89. The first kappa shape index (κ1) is 12.0. The first-order valence-electron chi connectivity index (χ1n) is 6.18. The van der Waals surface area contributed by atoms with E-state index in [0.717, 1.165) is 12.6 Å². The van der Waals surface area contributed by atoms with Gasteiger partial charge in [-0.2, -0.15) is 0 Å². The predicted molar refractivity (Wildman–Crippen MR) is 69.5 cm³/mol. The largest absolute Gasteiger partial charge is 0.491 e. The maximum atomic E-state index is 3.66. The Kier molecular flexibility index (Phi) is 4.72. The Balaban J connectivity index is 1.88. The van der Waals surface area contributed by atoms with E-state index >= 15 is 0 Å². The molecule has 1 fully saturated rings. The van der Waals surface area contributed by atoms with Crippen LogP contribution in [0.3, 0.4) is 0 Å². The van der Waals surface area contributed by atoms with Crippen LogP contribution >= 0.6 is 0 Å². The Bertz CT molecular complexity index is 321. The van der Waals surface area contributed by atoms with Crippen LogP contribution in [0.2, 0.25) is 0 Å². The Morgan fingerprint density at radius 1 is 1.12 bits per heavy atom. The molecule has 0 bridgehead atoms. The third-order valence-corrected chi connectivity index (χ3v) is 3.67.